The van der Waals surface area contributed by atoms with Crippen molar-refractivity contribution < 1.29 is 4.74 Å². The van der Waals surface area contributed by atoms with Crippen LogP contribution in [-0.2, 0) is 6.54 Å². The molecule has 0 aromatic heterocycles. The Balaban J connectivity index is 2.35. The van der Waals surface area contributed by atoms with Crippen molar-refractivity contribution in [1.82, 2.24) is 5.32 Å². The van der Waals surface area contributed by atoms with E-state index < -0.39 is 0 Å². The predicted octanol–water partition coefficient (Wildman–Crippen LogP) is 2.50. The summed E-state index contributed by atoms with van der Waals surface area (Å²) < 4.78 is 5.39. The highest BCUT2D eigenvalue weighted by Gasteiger charge is 1.99. The minimum atomic E-state index is 0.0465. The molecule has 1 atom stereocenters. The maximum Gasteiger partial charge on any atom is 0.119 e. The molecule has 0 bridgehead atoms. The van der Waals surface area contributed by atoms with Crippen molar-refractivity contribution in [3.63, 3.8) is 0 Å². The lowest BCUT2D eigenvalue weighted by Gasteiger charge is -2.07. The zero-order chi connectivity index (χ0) is 12.5. The largest absolute Gasteiger partial charge is 0.490 e. The molecule has 3 heteroatoms. The Morgan fingerprint density at radius 1 is 1.47 bits per heavy atom. The van der Waals surface area contributed by atoms with Gasteiger partial charge in [0.2, 0.25) is 0 Å². The highest BCUT2D eigenvalue weighted by atomic mass is 16.5. The van der Waals surface area contributed by atoms with Crippen molar-refractivity contribution in [2.45, 2.75) is 13.5 Å². The van der Waals surface area contributed by atoms with Crippen LogP contribution in [-0.4, -0.2) is 13.2 Å². The van der Waals surface area contributed by atoms with E-state index in [2.05, 4.69) is 18.0 Å². The highest BCUT2D eigenvalue weighted by molar-refractivity contribution is 5.27. The summed E-state index contributed by atoms with van der Waals surface area (Å²) >= 11 is 0. The van der Waals surface area contributed by atoms with Gasteiger partial charge in [-0.3, -0.25) is 0 Å². The molecular formula is C14H18N2O. The topological polar surface area (TPSA) is 45.0 Å². The maximum atomic E-state index is 8.64. The second kappa shape index (κ2) is 7.48. The van der Waals surface area contributed by atoms with Gasteiger partial charge in [-0.15, -0.1) is 0 Å². The van der Waals surface area contributed by atoms with Gasteiger partial charge >= 0.3 is 0 Å². The third kappa shape index (κ3) is 5.19. The first-order chi connectivity index (χ1) is 8.26. The van der Waals surface area contributed by atoms with Crippen LogP contribution in [0.3, 0.4) is 0 Å². The fraction of sp³-hybridized carbons (Fsp3) is 0.357. The Morgan fingerprint density at radius 2 is 2.18 bits per heavy atom. The molecule has 0 aliphatic carbocycles. The summed E-state index contributed by atoms with van der Waals surface area (Å²) in [5.41, 5.74) is 1.18. The molecule has 1 rings (SSSR count). The second-order valence-electron chi connectivity index (χ2n) is 3.90. The third-order valence-electron chi connectivity index (χ3n) is 2.29. The van der Waals surface area contributed by atoms with Crippen molar-refractivity contribution in [3.05, 3.63) is 42.5 Å². The van der Waals surface area contributed by atoms with Crippen LogP contribution in [0.25, 0.3) is 0 Å². The fourth-order valence-electron chi connectivity index (χ4n) is 1.34. The molecule has 1 N–H and O–H groups in total. The number of ether oxygens (including phenoxy) is 1. The van der Waals surface area contributed by atoms with Gasteiger partial charge < -0.3 is 10.1 Å². The van der Waals surface area contributed by atoms with E-state index >= 15 is 0 Å². The third-order valence-corrected chi connectivity index (χ3v) is 2.29. The smallest absolute Gasteiger partial charge is 0.119 e. The average Bonchev–Trinajstić information content (AvgIpc) is 2.37. The molecule has 0 aliphatic rings. The van der Waals surface area contributed by atoms with Crippen LogP contribution in [0.1, 0.15) is 12.5 Å². The van der Waals surface area contributed by atoms with Crippen molar-refractivity contribution in [2.24, 2.45) is 5.92 Å². The lowest BCUT2D eigenvalue weighted by molar-refractivity contribution is 0.363. The molecule has 1 aromatic rings. The number of benzene rings is 1. The number of nitrogens with one attached hydrogen (secondary N) is 1. The molecule has 90 valence electrons. The second-order valence-corrected chi connectivity index (χ2v) is 3.90. The summed E-state index contributed by atoms with van der Waals surface area (Å²) in [7, 11) is 0. The Hall–Kier alpha value is -1.79. The summed E-state index contributed by atoms with van der Waals surface area (Å²) in [6.07, 6.45) is 1.72. The quantitative estimate of drug-likeness (QED) is 0.732. The van der Waals surface area contributed by atoms with Crippen LogP contribution in [0.15, 0.2) is 36.9 Å². The van der Waals surface area contributed by atoms with E-state index in [0.717, 1.165) is 12.3 Å². The van der Waals surface area contributed by atoms with E-state index in [4.69, 9.17) is 10.00 Å². The maximum absolute atomic E-state index is 8.64. The number of nitriles is 1. The lowest BCUT2D eigenvalue weighted by Crippen LogP contribution is -2.19. The van der Waals surface area contributed by atoms with Crippen LogP contribution in [0.5, 0.6) is 5.75 Å². The van der Waals surface area contributed by atoms with E-state index in [1.807, 2.05) is 31.2 Å². The molecule has 0 fully saturated rings. The SMILES string of the molecule is C=CCOc1ccc(CNCC(C)C#N)cc1. The molecule has 1 unspecified atom stereocenters. The van der Waals surface area contributed by atoms with Gasteiger partial charge in [0.1, 0.15) is 12.4 Å². The molecule has 0 saturated carbocycles. The van der Waals surface area contributed by atoms with Gasteiger partial charge in [0.25, 0.3) is 0 Å². The van der Waals surface area contributed by atoms with Crippen LogP contribution in [0.4, 0.5) is 0 Å². The van der Waals surface area contributed by atoms with Gasteiger partial charge in [-0.1, -0.05) is 24.8 Å². The van der Waals surface area contributed by atoms with E-state index in [9.17, 15) is 0 Å². The molecule has 0 amide bonds. The van der Waals surface area contributed by atoms with Gasteiger partial charge in [-0.25, -0.2) is 0 Å². The number of nitrogens with zero attached hydrogens (tertiary/aromatic N) is 1. The van der Waals surface area contributed by atoms with E-state index in [1.54, 1.807) is 6.08 Å². The molecular weight excluding hydrogens is 212 g/mol. The molecule has 0 saturated heterocycles. The summed E-state index contributed by atoms with van der Waals surface area (Å²) in [5.74, 6) is 0.893. The molecule has 0 aliphatic heterocycles. The van der Waals surface area contributed by atoms with Gasteiger partial charge in [-0.2, -0.15) is 5.26 Å². The first kappa shape index (κ1) is 13.3. The normalized spacial score (nSPS) is 11.5. The molecule has 0 spiro atoms. The molecule has 0 heterocycles. The van der Waals surface area contributed by atoms with Crippen molar-refractivity contribution in [2.75, 3.05) is 13.2 Å². The first-order valence-corrected chi connectivity index (χ1v) is 5.69. The number of hydrogen-bond acceptors (Lipinski definition) is 3. The van der Waals surface area contributed by atoms with E-state index in [-0.39, 0.29) is 5.92 Å². The molecule has 3 nitrogen and oxygen atoms in total. The lowest BCUT2D eigenvalue weighted by atomic mass is 10.2. The fourth-order valence-corrected chi connectivity index (χ4v) is 1.34. The van der Waals surface area contributed by atoms with Crippen molar-refractivity contribution in [1.29, 1.82) is 5.26 Å². The Morgan fingerprint density at radius 3 is 2.76 bits per heavy atom. The van der Waals surface area contributed by atoms with E-state index in [0.29, 0.717) is 13.2 Å². The van der Waals surface area contributed by atoms with Gasteiger partial charge in [0.15, 0.2) is 0 Å². The molecule has 17 heavy (non-hydrogen) atoms. The monoisotopic (exact) mass is 230 g/mol. The van der Waals surface area contributed by atoms with Crippen molar-refractivity contribution in [3.8, 4) is 11.8 Å². The van der Waals surface area contributed by atoms with Gasteiger partial charge in [-0.05, 0) is 24.6 Å². The Kier molecular flexibility index (Phi) is 5.84. The molecule has 0 radical (unpaired) electrons. The summed E-state index contributed by atoms with van der Waals surface area (Å²) in [6, 6.07) is 10.1. The van der Waals surface area contributed by atoms with Crippen LogP contribution in [0, 0.1) is 17.2 Å². The predicted molar refractivity (Wildman–Crippen MR) is 68.6 cm³/mol. The minimum absolute atomic E-state index is 0.0465. The van der Waals surface area contributed by atoms with Gasteiger partial charge in [0.05, 0.1) is 12.0 Å². The highest BCUT2D eigenvalue weighted by Crippen LogP contribution is 2.11. The zero-order valence-corrected chi connectivity index (χ0v) is 10.1. The molecule has 1 aromatic carbocycles. The van der Waals surface area contributed by atoms with Crippen LogP contribution in [0.2, 0.25) is 0 Å². The van der Waals surface area contributed by atoms with Gasteiger partial charge in [0, 0.05) is 13.1 Å². The minimum Gasteiger partial charge on any atom is -0.490 e. The number of rotatable bonds is 7. The Labute approximate surface area is 103 Å². The van der Waals surface area contributed by atoms with Crippen LogP contribution < -0.4 is 10.1 Å². The summed E-state index contributed by atoms with van der Waals surface area (Å²) in [6.45, 7) is 7.51. The first-order valence-electron chi connectivity index (χ1n) is 5.69. The number of hydrogen-bond donors (Lipinski definition) is 1. The summed E-state index contributed by atoms with van der Waals surface area (Å²) in [5, 5.41) is 11.9. The summed E-state index contributed by atoms with van der Waals surface area (Å²) in [4.78, 5) is 0. The van der Waals surface area contributed by atoms with E-state index in [1.165, 1.54) is 5.56 Å². The Bertz CT molecular complexity index is 378. The zero-order valence-electron chi connectivity index (χ0n) is 10.1. The standard InChI is InChI=1S/C14H18N2O/c1-3-8-17-14-6-4-13(5-7-14)11-16-10-12(2)9-15/h3-7,12,16H,1,8,10-11H2,2H3. The van der Waals surface area contributed by atoms with Crippen molar-refractivity contribution >= 4 is 0 Å². The average molecular weight is 230 g/mol. The van der Waals surface area contributed by atoms with Crippen LogP contribution >= 0.6 is 0 Å².